The van der Waals surface area contributed by atoms with Crippen molar-refractivity contribution in [3.05, 3.63) is 65.2 Å². The first-order valence-electron chi connectivity index (χ1n) is 7.05. The van der Waals surface area contributed by atoms with Crippen LogP contribution in [-0.2, 0) is 13.0 Å². The minimum atomic E-state index is -0.965. The molecule has 0 aliphatic heterocycles. The molecule has 0 saturated heterocycles. The van der Waals surface area contributed by atoms with E-state index in [0.29, 0.717) is 12.1 Å². The van der Waals surface area contributed by atoms with Crippen LogP contribution in [0.4, 0.5) is 4.39 Å². The summed E-state index contributed by atoms with van der Waals surface area (Å²) in [6.45, 7) is 2.58. The van der Waals surface area contributed by atoms with Gasteiger partial charge in [-0.25, -0.2) is 14.2 Å². The molecule has 1 heterocycles. The van der Waals surface area contributed by atoms with Crippen LogP contribution < -0.4 is 0 Å². The van der Waals surface area contributed by atoms with Gasteiger partial charge in [0.25, 0.3) is 0 Å². The third-order valence-electron chi connectivity index (χ3n) is 3.64. The number of hydrogen-bond donors (Lipinski definition) is 1. The zero-order chi connectivity index (χ0) is 15.7. The van der Waals surface area contributed by atoms with E-state index in [9.17, 15) is 9.18 Å². The van der Waals surface area contributed by atoms with Crippen LogP contribution in [0.15, 0.2) is 42.5 Å². The van der Waals surface area contributed by atoms with E-state index in [1.807, 2.05) is 11.5 Å². The lowest BCUT2D eigenvalue weighted by molar-refractivity contribution is 0.0697. The van der Waals surface area contributed by atoms with Crippen molar-refractivity contribution in [2.24, 2.45) is 0 Å². The van der Waals surface area contributed by atoms with Gasteiger partial charge in [-0.15, -0.1) is 0 Å². The highest BCUT2D eigenvalue weighted by atomic mass is 19.1. The fourth-order valence-electron chi connectivity index (χ4n) is 2.53. The molecule has 0 amide bonds. The quantitative estimate of drug-likeness (QED) is 0.802. The van der Waals surface area contributed by atoms with E-state index in [1.54, 1.807) is 30.3 Å². The topological polar surface area (TPSA) is 55.1 Å². The number of hydrogen-bond acceptors (Lipinski definition) is 2. The average Bonchev–Trinajstić information content (AvgIpc) is 2.86. The van der Waals surface area contributed by atoms with Gasteiger partial charge in [-0.2, -0.15) is 0 Å². The number of nitrogens with zero attached hydrogens (tertiary/aromatic N) is 2. The average molecular weight is 298 g/mol. The number of aromatic nitrogens is 2. The van der Waals surface area contributed by atoms with Gasteiger partial charge in [0.1, 0.15) is 11.6 Å². The molecule has 0 bridgehead atoms. The first-order chi connectivity index (χ1) is 10.6. The van der Waals surface area contributed by atoms with Gasteiger partial charge in [0, 0.05) is 13.0 Å². The molecule has 3 aromatic rings. The molecular weight excluding hydrogens is 283 g/mol. The van der Waals surface area contributed by atoms with E-state index < -0.39 is 5.97 Å². The highest BCUT2D eigenvalue weighted by Crippen LogP contribution is 2.20. The number of carboxylic acid groups (broad SMARTS) is 1. The molecule has 0 aliphatic rings. The maximum atomic E-state index is 13.0. The molecule has 0 saturated carbocycles. The van der Waals surface area contributed by atoms with Gasteiger partial charge in [0.15, 0.2) is 0 Å². The van der Waals surface area contributed by atoms with E-state index in [0.717, 1.165) is 23.3 Å². The summed E-state index contributed by atoms with van der Waals surface area (Å²) >= 11 is 0. The Bertz CT molecular complexity index is 838. The van der Waals surface area contributed by atoms with Crippen LogP contribution in [0.5, 0.6) is 0 Å². The number of aromatic carboxylic acids is 1. The Morgan fingerprint density at radius 2 is 1.95 bits per heavy atom. The fourth-order valence-corrected chi connectivity index (χ4v) is 2.53. The molecule has 0 radical (unpaired) electrons. The van der Waals surface area contributed by atoms with Gasteiger partial charge in [0.2, 0.25) is 0 Å². The molecule has 5 heteroatoms. The van der Waals surface area contributed by atoms with Gasteiger partial charge in [-0.3, -0.25) is 0 Å². The highest BCUT2D eigenvalue weighted by Gasteiger charge is 2.12. The van der Waals surface area contributed by atoms with Gasteiger partial charge >= 0.3 is 5.97 Å². The van der Waals surface area contributed by atoms with Crippen molar-refractivity contribution < 1.29 is 14.3 Å². The molecule has 1 aromatic heterocycles. The van der Waals surface area contributed by atoms with Crippen molar-refractivity contribution >= 4 is 17.0 Å². The van der Waals surface area contributed by atoms with Gasteiger partial charge < -0.3 is 9.67 Å². The van der Waals surface area contributed by atoms with Crippen molar-refractivity contribution in [2.75, 3.05) is 0 Å². The third kappa shape index (κ3) is 2.57. The van der Waals surface area contributed by atoms with E-state index in [4.69, 9.17) is 5.11 Å². The minimum absolute atomic E-state index is 0.224. The van der Waals surface area contributed by atoms with Crippen molar-refractivity contribution in [1.29, 1.82) is 0 Å². The molecule has 4 nitrogen and oxygen atoms in total. The van der Waals surface area contributed by atoms with Crippen LogP contribution >= 0.6 is 0 Å². The molecular formula is C17H15FN2O2. The molecule has 0 aliphatic carbocycles. The molecule has 0 spiro atoms. The maximum absolute atomic E-state index is 13.0. The molecule has 22 heavy (non-hydrogen) atoms. The van der Waals surface area contributed by atoms with Crippen LogP contribution in [0, 0.1) is 5.82 Å². The number of aryl methyl sites for hydroxylation is 1. The standard InChI is InChI=1S/C17H15FN2O2/c1-2-16-19-14-9-12(17(21)22)5-8-15(14)20(16)10-11-3-6-13(18)7-4-11/h3-9H,2,10H2,1H3,(H,21,22). The third-order valence-corrected chi connectivity index (χ3v) is 3.64. The minimum Gasteiger partial charge on any atom is -0.478 e. The molecule has 0 atom stereocenters. The van der Waals surface area contributed by atoms with Crippen molar-refractivity contribution in [3.8, 4) is 0 Å². The molecule has 2 aromatic carbocycles. The van der Waals surface area contributed by atoms with Crippen LogP contribution in [0.25, 0.3) is 11.0 Å². The van der Waals surface area contributed by atoms with Crippen LogP contribution in [-0.4, -0.2) is 20.6 Å². The SMILES string of the molecule is CCc1nc2cc(C(=O)O)ccc2n1Cc1ccc(F)cc1. The number of halogens is 1. The van der Waals surface area contributed by atoms with Crippen LogP contribution in [0.2, 0.25) is 0 Å². The summed E-state index contributed by atoms with van der Waals surface area (Å²) in [5.74, 6) is -0.351. The monoisotopic (exact) mass is 298 g/mol. The molecule has 1 N–H and O–H groups in total. The molecule has 112 valence electrons. The Balaban J connectivity index is 2.07. The second-order valence-corrected chi connectivity index (χ2v) is 5.10. The maximum Gasteiger partial charge on any atom is 0.335 e. The van der Waals surface area contributed by atoms with Gasteiger partial charge in [0.05, 0.1) is 16.6 Å². The number of carbonyl (C=O) groups is 1. The summed E-state index contributed by atoms with van der Waals surface area (Å²) in [6, 6.07) is 11.3. The zero-order valence-corrected chi connectivity index (χ0v) is 12.1. The predicted molar refractivity (Wildman–Crippen MR) is 81.6 cm³/mol. The van der Waals surface area contributed by atoms with Gasteiger partial charge in [-0.1, -0.05) is 19.1 Å². The lowest BCUT2D eigenvalue weighted by Crippen LogP contribution is -2.04. The normalized spacial score (nSPS) is 11.0. The molecule has 3 rings (SSSR count). The second-order valence-electron chi connectivity index (χ2n) is 5.10. The zero-order valence-electron chi connectivity index (χ0n) is 12.1. The Hall–Kier alpha value is -2.69. The summed E-state index contributed by atoms with van der Waals surface area (Å²) < 4.78 is 15.0. The van der Waals surface area contributed by atoms with E-state index in [-0.39, 0.29) is 11.4 Å². The largest absolute Gasteiger partial charge is 0.478 e. The number of carboxylic acids is 1. The van der Waals surface area contributed by atoms with Crippen molar-refractivity contribution in [3.63, 3.8) is 0 Å². The number of fused-ring (bicyclic) bond motifs is 1. The van der Waals surface area contributed by atoms with Crippen LogP contribution in [0.1, 0.15) is 28.7 Å². The second kappa shape index (κ2) is 5.60. The number of rotatable bonds is 4. The Morgan fingerprint density at radius 1 is 1.23 bits per heavy atom. The van der Waals surface area contributed by atoms with Crippen LogP contribution in [0.3, 0.4) is 0 Å². The fraction of sp³-hybridized carbons (Fsp3) is 0.176. The smallest absolute Gasteiger partial charge is 0.335 e. The Kier molecular flexibility index (Phi) is 3.63. The van der Waals surface area contributed by atoms with Crippen molar-refractivity contribution in [1.82, 2.24) is 9.55 Å². The van der Waals surface area contributed by atoms with E-state index in [2.05, 4.69) is 4.98 Å². The van der Waals surface area contributed by atoms with Crippen molar-refractivity contribution in [2.45, 2.75) is 19.9 Å². The summed E-state index contributed by atoms with van der Waals surface area (Å²) in [4.78, 5) is 15.6. The first kappa shape index (κ1) is 14.3. The summed E-state index contributed by atoms with van der Waals surface area (Å²) in [5, 5.41) is 9.07. The predicted octanol–water partition coefficient (Wildman–Crippen LogP) is 3.48. The summed E-state index contributed by atoms with van der Waals surface area (Å²) in [6.07, 6.45) is 0.734. The molecule has 0 fully saturated rings. The van der Waals surface area contributed by atoms with E-state index in [1.165, 1.54) is 12.1 Å². The number of benzene rings is 2. The first-order valence-corrected chi connectivity index (χ1v) is 7.05. The lowest BCUT2D eigenvalue weighted by atomic mass is 10.2. The highest BCUT2D eigenvalue weighted by molar-refractivity contribution is 5.92. The number of imidazole rings is 1. The lowest BCUT2D eigenvalue weighted by Gasteiger charge is -2.08. The Morgan fingerprint density at radius 3 is 2.59 bits per heavy atom. The summed E-state index contributed by atoms with van der Waals surface area (Å²) in [5.41, 5.74) is 2.74. The Labute approximate surface area is 126 Å². The summed E-state index contributed by atoms with van der Waals surface area (Å²) in [7, 11) is 0. The van der Waals surface area contributed by atoms with Gasteiger partial charge in [-0.05, 0) is 35.9 Å². The molecule has 0 unspecified atom stereocenters. The van der Waals surface area contributed by atoms with E-state index >= 15 is 0 Å².